The number of benzene rings is 1. The van der Waals surface area contributed by atoms with E-state index in [-0.39, 0.29) is 17.3 Å². The van der Waals surface area contributed by atoms with Gasteiger partial charge in [-0.1, -0.05) is 0 Å². The van der Waals surface area contributed by atoms with Crippen molar-refractivity contribution in [2.24, 2.45) is 0 Å². The van der Waals surface area contributed by atoms with Gasteiger partial charge < -0.3 is 5.11 Å². The Kier molecular flexibility index (Phi) is 2.50. The zero-order valence-electron chi connectivity index (χ0n) is 6.03. The highest BCUT2D eigenvalue weighted by molar-refractivity contribution is 6.17. The molecule has 1 aromatic rings. The number of phenols is 1. The predicted molar refractivity (Wildman–Crippen MR) is 44.3 cm³/mol. The minimum Gasteiger partial charge on any atom is -0.508 e. The summed E-state index contributed by atoms with van der Waals surface area (Å²) in [4.78, 5) is 9.70. The fourth-order valence-electron chi connectivity index (χ4n) is 0.839. The van der Waals surface area contributed by atoms with Crippen LogP contribution in [0.4, 0.5) is 5.69 Å². The molecule has 1 rings (SSSR count). The van der Waals surface area contributed by atoms with Crippen LogP contribution in [0.3, 0.4) is 0 Å². The Hall–Kier alpha value is -1.29. The molecule has 0 atom stereocenters. The summed E-state index contributed by atoms with van der Waals surface area (Å²) < 4.78 is 0. The molecule has 0 unspecified atom stereocenters. The summed E-state index contributed by atoms with van der Waals surface area (Å²) in [5.41, 5.74) is 0.383. The molecule has 0 fully saturated rings. The minimum atomic E-state index is -0.574. The lowest BCUT2D eigenvalue weighted by molar-refractivity contribution is -0.385. The Morgan fingerprint density at radius 2 is 2.17 bits per heavy atom. The van der Waals surface area contributed by atoms with Gasteiger partial charge in [0.2, 0.25) is 0 Å². The number of halogens is 1. The standard InChI is InChI=1S/C7H6ClNO3/c8-4-5-1-6(9(11)12)3-7(10)2-5/h1-3,10H,4H2. The van der Waals surface area contributed by atoms with Crippen molar-refractivity contribution in [3.63, 3.8) is 0 Å². The number of alkyl halides is 1. The van der Waals surface area contributed by atoms with Crippen LogP contribution in [-0.2, 0) is 5.88 Å². The number of nitro benzene ring substituents is 1. The van der Waals surface area contributed by atoms with Crippen LogP contribution in [0.15, 0.2) is 18.2 Å². The van der Waals surface area contributed by atoms with E-state index in [1.165, 1.54) is 12.1 Å². The summed E-state index contributed by atoms with van der Waals surface area (Å²) in [6.45, 7) is 0. The summed E-state index contributed by atoms with van der Waals surface area (Å²) in [6, 6.07) is 3.79. The van der Waals surface area contributed by atoms with Crippen molar-refractivity contribution in [2.75, 3.05) is 0 Å². The molecule has 0 aliphatic rings. The van der Waals surface area contributed by atoms with Crippen molar-refractivity contribution in [3.05, 3.63) is 33.9 Å². The molecule has 0 saturated heterocycles. The summed E-state index contributed by atoms with van der Waals surface area (Å²) in [7, 11) is 0. The first kappa shape index (κ1) is 8.80. The third-order valence-corrected chi connectivity index (χ3v) is 1.64. The Labute approximate surface area is 73.5 Å². The maximum Gasteiger partial charge on any atom is 0.273 e. The van der Waals surface area contributed by atoms with E-state index in [2.05, 4.69) is 0 Å². The van der Waals surface area contributed by atoms with Gasteiger partial charge in [-0.15, -0.1) is 11.6 Å². The van der Waals surface area contributed by atoms with Gasteiger partial charge in [0.15, 0.2) is 0 Å². The van der Waals surface area contributed by atoms with Gasteiger partial charge >= 0.3 is 0 Å². The second-order valence-corrected chi connectivity index (χ2v) is 2.52. The third-order valence-electron chi connectivity index (χ3n) is 1.33. The molecular weight excluding hydrogens is 182 g/mol. The zero-order valence-corrected chi connectivity index (χ0v) is 6.78. The molecule has 0 bridgehead atoms. The fourth-order valence-corrected chi connectivity index (χ4v) is 0.993. The van der Waals surface area contributed by atoms with E-state index in [9.17, 15) is 10.1 Å². The number of nitro groups is 1. The molecular formula is C7H6ClNO3. The van der Waals surface area contributed by atoms with E-state index >= 15 is 0 Å². The lowest BCUT2D eigenvalue weighted by Crippen LogP contribution is -1.89. The van der Waals surface area contributed by atoms with E-state index in [1.54, 1.807) is 0 Å². The van der Waals surface area contributed by atoms with Crippen LogP contribution in [0, 0.1) is 10.1 Å². The molecule has 4 nitrogen and oxygen atoms in total. The monoisotopic (exact) mass is 187 g/mol. The first-order chi connectivity index (χ1) is 5.63. The molecule has 0 aliphatic carbocycles. The maximum absolute atomic E-state index is 10.3. The zero-order chi connectivity index (χ0) is 9.14. The first-order valence-corrected chi connectivity index (χ1v) is 3.70. The molecule has 64 valence electrons. The average molecular weight is 188 g/mol. The normalized spacial score (nSPS) is 9.75. The number of phenolic OH excluding ortho intramolecular Hbond substituents is 1. The van der Waals surface area contributed by atoms with Gasteiger partial charge in [-0.2, -0.15) is 0 Å². The highest BCUT2D eigenvalue weighted by Gasteiger charge is 2.08. The Morgan fingerprint density at radius 3 is 2.67 bits per heavy atom. The van der Waals surface area contributed by atoms with Crippen LogP contribution in [-0.4, -0.2) is 10.0 Å². The molecule has 1 aromatic carbocycles. The predicted octanol–water partition coefficient (Wildman–Crippen LogP) is 2.04. The highest BCUT2D eigenvalue weighted by atomic mass is 35.5. The Morgan fingerprint density at radius 1 is 1.50 bits per heavy atom. The van der Waals surface area contributed by atoms with Gasteiger partial charge in [0, 0.05) is 11.9 Å². The van der Waals surface area contributed by atoms with E-state index < -0.39 is 4.92 Å². The number of hydrogen-bond acceptors (Lipinski definition) is 3. The van der Waals surface area contributed by atoms with Crippen LogP contribution in [0.5, 0.6) is 5.75 Å². The quantitative estimate of drug-likeness (QED) is 0.438. The van der Waals surface area contributed by atoms with Crippen LogP contribution in [0.1, 0.15) is 5.56 Å². The molecule has 0 saturated carbocycles. The molecule has 12 heavy (non-hydrogen) atoms. The minimum absolute atomic E-state index is 0.139. The molecule has 0 spiro atoms. The number of hydrogen-bond donors (Lipinski definition) is 1. The number of rotatable bonds is 2. The maximum atomic E-state index is 10.3. The highest BCUT2D eigenvalue weighted by Crippen LogP contribution is 2.22. The summed E-state index contributed by atoms with van der Waals surface area (Å²) in [5, 5.41) is 19.3. The molecule has 0 amide bonds. The SMILES string of the molecule is O=[N+]([O-])c1cc(O)cc(CCl)c1. The molecule has 0 heterocycles. The van der Waals surface area contributed by atoms with Gasteiger partial charge in [0.25, 0.3) is 5.69 Å². The van der Waals surface area contributed by atoms with Crippen molar-refractivity contribution < 1.29 is 10.0 Å². The van der Waals surface area contributed by atoms with E-state index in [0.29, 0.717) is 5.56 Å². The van der Waals surface area contributed by atoms with Gasteiger partial charge in [0.05, 0.1) is 11.0 Å². The van der Waals surface area contributed by atoms with Crippen molar-refractivity contribution in [2.45, 2.75) is 5.88 Å². The summed E-state index contributed by atoms with van der Waals surface area (Å²) in [5.74, 6) is 0.00903. The van der Waals surface area contributed by atoms with E-state index in [0.717, 1.165) is 6.07 Å². The van der Waals surface area contributed by atoms with E-state index in [4.69, 9.17) is 16.7 Å². The van der Waals surface area contributed by atoms with Crippen LogP contribution < -0.4 is 0 Å². The molecule has 0 aliphatic heterocycles. The Bertz CT molecular complexity index is 314. The molecule has 0 radical (unpaired) electrons. The smallest absolute Gasteiger partial charge is 0.273 e. The number of nitrogens with zero attached hydrogens (tertiary/aromatic N) is 1. The van der Waals surface area contributed by atoms with Gasteiger partial charge in [-0.25, -0.2) is 0 Å². The van der Waals surface area contributed by atoms with Gasteiger partial charge in [-0.05, 0) is 11.6 Å². The van der Waals surface area contributed by atoms with Crippen LogP contribution >= 0.6 is 11.6 Å². The first-order valence-electron chi connectivity index (χ1n) is 3.17. The largest absolute Gasteiger partial charge is 0.508 e. The van der Waals surface area contributed by atoms with Crippen LogP contribution in [0.25, 0.3) is 0 Å². The number of non-ortho nitro benzene ring substituents is 1. The lowest BCUT2D eigenvalue weighted by atomic mass is 10.2. The topological polar surface area (TPSA) is 63.4 Å². The van der Waals surface area contributed by atoms with Crippen molar-refractivity contribution in [1.82, 2.24) is 0 Å². The second-order valence-electron chi connectivity index (χ2n) is 2.25. The van der Waals surface area contributed by atoms with Crippen molar-refractivity contribution in [3.8, 4) is 5.75 Å². The lowest BCUT2D eigenvalue weighted by Gasteiger charge is -1.97. The molecule has 0 aromatic heterocycles. The van der Waals surface area contributed by atoms with Gasteiger partial charge in [-0.3, -0.25) is 10.1 Å². The third kappa shape index (κ3) is 1.85. The Balaban J connectivity index is 3.15. The summed E-state index contributed by atoms with van der Waals surface area (Å²) >= 11 is 5.44. The average Bonchev–Trinajstić information content (AvgIpc) is 2.03. The van der Waals surface area contributed by atoms with Crippen LogP contribution in [0.2, 0.25) is 0 Å². The van der Waals surface area contributed by atoms with Crippen molar-refractivity contribution in [1.29, 1.82) is 0 Å². The fraction of sp³-hybridized carbons (Fsp3) is 0.143. The molecule has 1 N–H and O–H groups in total. The van der Waals surface area contributed by atoms with E-state index in [1.807, 2.05) is 0 Å². The number of aromatic hydroxyl groups is 1. The van der Waals surface area contributed by atoms with Crippen molar-refractivity contribution >= 4 is 17.3 Å². The van der Waals surface area contributed by atoms with Gasteiger partial charge in [0.1, 0.15) is 5.75 Å². The summed E-state index contributed by atoms with van der Waals surface area (Å²) in [6.07, 6.45) is 0. The second kappa shape index (κ2) is 3.40. The molecule has 5 heteroatoms.